The fourth-order valence-corrected chi connectivity index (χ4v) is 4.83. The molecule has 0 saturated heterocycles. The Morgan fingerprint density at radius 2 is 1.70 bits per heavy atom. The highest BCUT2D eigenvalue weighted by Gasteiger charge is 2.47. The smallest absolute Gasteiger partial charge is 0.321 e. The van der Waals surface area contributed by atoms with E-state index >= 15 is 0 Å². The number of anilines is 1. The van der Waals surface area contributed by atoms with Crippen LogP contribution < -0.4 is 9.64 Å². The zero-order valence-electron chi connectivity index (χ0n) is 21.3. The van der Waals surface area contributed by atoms with Gasteiger partial charge in [-0.15, -0.1) is 0 Å². The third-order valence-electron chi connectivity index (χ3n) is 6.59. The predicted molar refractivity (Wildman–Crippen MR) is 143 cm³/mol. The van der Waals surface area contributed by atoms with Gasteiger partial charge in [0.15, 0.2) is 5.92 Å². The van der Waals surface area contributed by atoms with Crippen molar-refractivity contribution in [1.82, 2.24) is 9.55 Å². The molecule has 0 saturated carbocycles. The molecule has 190 valence electrons. The maximum Gasteiger partial charge on any atom is 0.321 e. The van der Waals surface area contributed by atoms with Gasteiger partial charge in [0.25, 0.3) is 0 Å². The molecule has 3 aromatic carbocycles. The molecular formula is C30H31N3O4. The van der Waals surface area contributed by atoms with Crippen molar-refractivity contribution >= 4 is 28.9 Å². The number of benzene rings is 3. The molecule has 2 heterocycles. The van der Waals surface area contributed by atoms with Gasteiger partial charge in [0, 0.05) is 6.54 Å². The third kappa shape index (κ3) is 4.81. The average Bonchev–Trinajstić information content (AvgIpc) is 3.27. The van der Waals surface area contributed by atoms with Crippen LogP contribution in [-0.2, 0) is 14.3 Å². The van der Waals surface area contributed by atoms with E-state index in [9.17, 15) is 9.59 Å². The number of amides is 1. The Balaban J connectivity index is 1.67. The lowest BCUT2D eigenvalue weighted by Crippen LogP contribution is -2.50. The van der Waals surface area contributed by atoms with E-state index in [0.29, 0.717) is 29.9 Å². The molecule has 37 heavy (non-hydrogen) atoms. The van der Waals surface area contributed by atoms with Crippen molar-refractivity contribution in [2.45, 2.75) is 33.2 Å². The van der Waals surface area contributed by atoms with Crippen molar-refractivity contribution in [1.29, 1.82) is 0 Å². The van der Waals surface area contributed by atoms with Crippen molar-refractivity contribution < 1.29 is 19.1 Å². The summed E-state index contributed by atoms with van der Waals surface area (Å²) in [7, 11) is 0. The minimum absolute atomic E-state index is 0.190. The highest BCUT2D eigenvalue weighted by atomic mass is 16.5. The lowest BCUT2D eigenvalue weighted by Gasteiger charge is -2.38. The van der Waals surface area contributed by atoms with Crippen LogP contribution in [0.2, 0.25) is 0 Å². The summed E-state index contributed by atoms with van der Waals surface area (Å²) >= 11 is 0. The molecule has 0 unspecified atom stereocenters. The van der Waals surface area contributed by atoms with E-state index < -0.39 is 17.9 Å². The number of nitrogens with zero attached hydrogens (tertiary/aromatic N) is 3. The van der Waals surface area contributed by atoms with E-state index in [4.69, 9.17) is 14.5 Å². The molecule has 0 radical (unpaired) electrons. The molecule has 1 aliphatic heterocycles. The van der Waals surface area contributed by atoms with E-state index in [0.717, 1.165) is 23.0 Å². The van der Waals surface area contributed by atoms with Gasteiger partial charge in [0.2, 0.25) is 11.9 Å². The fourth-order valence-electron chi connectivity index (χ4n) is 4.83. The summed E-state index contributed by atoms with van der Waals surface area (Å²) in [5, 5.41) is 0. The molecule has 1 aromatic heterocycles. The Bertz CT molecular complexity index is 1410. The molecule has 0 bridgehead atoms. The third-order valence-corrected chi connectivity index (χ3v) is 6.59. The summed E-state index contributed by atoms with van der Waals surface area (Å²) in [5.41, 5.74) is 2.40. The van der Waals surface area contributed by atoms with Crippen molar-refractivity contribution in [3.8, 4) is 11.5 Å². The molecule has 0 aliphatic carbocycles. The number of ether oxygens (including phenoxy) is 2. The molecule has 0 fully saturated rings. The number of imidazole rings is 1. The van der Waals surface area contributed by atoms with Crippen molar-refractivity contribution in [3.05, 3.63) is 84.4 Å². The summed E-state index contributed by atoms with van der Waals surface area (Å²) in [6, 6.07) is 24.2. The molecule has 2 atom stereocenters. The second-order valence-electron chi connectivity index (χ2n) is 9.61. The number of aromatic nitrogens is 2. The van der Waals surface area contributed by atoms with E-state index in [-0.39, 0.29) is 12.5 Å². The number of para-hydroxylation sites is 3. The molecule has 1 aliphatic rings. The monoisotopic (exact) mass is 497 g/mol. The zero-order chi connectivity index (χ0) is 25.9. The maximum atomic E-state index is 14.0. The Morgan fingerprint density at radius 3 is 2.46 bits per heavy atom. The second kappa shape index (κ2) is 10.5. The van der Waals surface area contributed by atoms with Gasteiger partial charge in [-0.05, 0) is 61.2 Å². The summed E-state index contributed by atoms with van der Waals surface area (Å²) in [6.45, 7) is 6.64. The molecular weight excluding hydrogens is 466 g/mol. The quantitative estimate of drug-likeness (QED) is 0.221. The van der Waals surface area contributed by atoms with Crippen LogP contribution in [0.15, 0.2) is 78.9 Å². The lowest BCUT2D eigenvalue weighted by atomic mass is 9.89. The first-order chi connectivity index (χ1) is 18.0. The van der Waals surface area contributed by atoms with Crippen LogP contribution in [-0.4, -0.2) is 34.6 Å². The fraction of sp³-hybridized carbons (Fsp3) is 0.300. The zero-order valence-corrected chi connectivity index (χ0v) is 21.3. The number of rotatable bonds is 8. The van der Waals surface area contributed by atoms with E-state index in [2.05, 4.69) is 13.8 Å². The highest BCUT2D eigenvalue weighted by Crippen LogP contribution is 2.42. The summed E-state index contributed by atoms with van der Waals surface area (Å²) in [6.07, 6.45) is 0.787. The van der Waals surface area contributed by atoms with Crippen LogP contribution in [0, 0.1) is 11.8 Å². The van der Waals surface area contributed by atoms with Crippen LogP contribution in [0.5, 0.6) is 11.5 Å². The minimum atomic E-state index is -1.05. The van der Waals surface area contributed by atoms with E-state index in [1.807, 2.05) is 83.4 Å². The normalized spacial score (nSPS) is 17.2. The van der Waals surface area contributed by atoms with Gasteiger partial charge in [-0.1, -0.05) is 56.3 Å². The Hall–Kier alpha value is -4.13. The standard InChI is InChI=1S/C30H31N3O4/c1-4-36-29(35)26-27(21-11-10-14-23(19-21)37-22-12-6-5-7-13-22)33-25-16-9-8-15-24(25)31-30(33)32(28(26)34)18-17-20(2)3/h5-16,19-20,26-27H,4,17-18H2,1-3H3/t26-,27-/m0/s1. The average molecular weight is 498 g/mol. The number of carbonyl (C=O) groups is 2. The first kappa shape index (κ1) is 24.6. The van der Waals surface area contributed by atoms with E-state index in [1.54, 1.807) is 11.8 Å². The molecule has 7 nitrogen and oxygen atoms in total. The topological polar surface area (TPSA) is 73.7 Å². The molecule has 0 spiro atoms. The van der Waals surface area contributed by atoms with Crippen molar-refractivity contribution in [2.24, 2.45) is 11.8 Å². The van der Waals surface area contributed by atoms with Gasteiger partial charge < -0.3 is 14.0 Å². The summed E-state index contributed by atoms with van der Waals surface area (Å²) in [5.74, 6) is 0.375. The van der Waals surface area contributed by atoms with Crippen LogP contribution in [0.25, 0.3) is 11.0 Å². The molecule has 0 N–H and O–H groups in total. The maximum absolute atomic E-state index is 14.0. The number of hydrogen-bond acceptors (Lipinski definition) is 5. The number of fused-ring (bicyclic) bond motifs is 3. The van der Waals surface area contributed by atoms with Crippen molar-refractivity contribution in [2.75, 3.05) is 18.1 Å². The van der Waals surface area contributed by atoms with E-state index in [1.165, 1.54) is 0 Å². The van der Waals surface area contributed by atoms with Gasteiger partial charge in [-0.3, -0.25) is 14.5 Å². The number of hydrogen-bond donors (Lipinski definition) is 0. The Morgan fingerprint density at radius 1 is 0.973 bits per heavy atom. The summed E-state index contributed by atoms with van der Waals surface area (Å²) in [4.78, 5) is 33.9. The molecule has 1 amide bonds. The highest BCUT2D eigenvalue weighted by molar-refractivity contribution is 6.08. The van der Waals surface area contributed by atoms with Crippen LogP contribution >= 0.6 is 0 Å². The first-order valence-corrected chi connectivity index (χ1v) is 12.8. The molecule has 4 aromatic rings. The number of carbonyl (C=O) groups excluding carboxylic acids is 2. The van der Waals surface area contributed by atoms with Gasteiger partial charge in [-0.2, -0.15) is 0 Å². The van der Waals surface area contributed by atoms with Crippen LogP contribution in [0.1, 0.15) is 38.8 Å². The molecule has 5 rings (SSSR count). The van der Waals surface area contributed by atoms with Gasteiger partial charge in [0.1, 0.15) is 11.5 Å². The van der Waals surface area contributed by atoms with Crippen molar-refractivity contribution in [3.63, 3.8) is 0 Å². The minimum Gasteiger partial charge on any atom is -0.465 e. The second-order valence-corrected chi connectivity index (χ2v) is 9.61. The van der Waals surface area contributed by atoms with Crippen LogP contribution in [0.4, 0.5) is 5.95 Å². The summed E-state index contributed by atoms with van der Waals surface area (Å²) < 4.78 is 13.6. The Kier molecular flexibility index (Phi) is 6.95. The molecule has 7 heteroatoms. The van der Waals surface area contributed by atoms with Crippen LogP contribution in [0.3, 0.4) is 0 Å². The van der Waals surface area contributed by atoms with Gasteiger partial charge >= 0.3 is 5.97 Å². The van der Waals surface area contributed by atoms with Gasteiger partial charge in [-0.25, -0.2) is 4.98 Å². The lowest BCUT2D eigenvalue weighted by molar-refractivity contribution is -0.153. The van der Waals surface area contributed by atoms with Gasteiger partial charge in [0.05, 0.1) is 23.7 Å². The largest absolute Gasteiger partial charge is 0.465 e. The SMILES string of the molecule is CCOC(=O)[C@@H]1C(=O)N(CCC(C)C)c2nc3ccccc3n2[C@H]1c1cccc(Oc2ccccc2)c1. The first-order valence-electron chi connectivity index (χ1n) is 12.8. The predicted octanol–water partition coefficient (Wildman–Crippen LogP) is 5.99. The Labute approximate surface area is 216 Å². The number of esters is 1.